The number of aliphatic imine (C=N–C) groups is 1. The lowest BCUT2D eigenvalue weighted by atomic mass is 10.1. The highest BCUT2D eigenvalue weighted by Crippen LogP contribution is 2.34. The van der Waals surface area contributed by atoms with Crippen LogP contribution in [-0.2, 0) is 9.53 Å². The van der Waals surface area contributed by atoms with Gasteiger partial charge in [0.1, 0.15) is 11.1 Å². The van der Waals surface area contributed by atoms with Crippen molar-refractivity contribution in [2.75, 3.05) is 12.8 Å². The normalized spacial score (nSPS) is 24.0. The van der Waals surface area contributed by atoms with Crippen LogP contribution in [0.1, 0.15) is 18.9 Å². The maximum Gasteiger partial charge on any atom is 0.302 e. The van der Waals surface area contributed by atoms with E-state index in [9.17, 15) is 4.79 Å². The zero-order chi connectivity index (χ0) is 15.0. The maximum atomic E-state index is 11.2. The first-order valence-corrected chi connectivity index (χ1v) is 8.43. The molecular weight excluding hydrogens is 304 g/mol. The van der Waals surface area contributed by atoms with Crippen molar-refractivity contribution in [3.8, 4) is 0 Å². The SMILES string of the molecule is CSC1=Nc2ccccc2C(=S)N2C[C@H](OC(C)=O)C[C@@H]12. The van der Waals surface area contributed by atoms with Crippen LogP contribution >= 0.6 is 24.0 Å². The number of hydrogen-bond donors (Lipinski definition) is 0. The van der Waals surface area contributed by atoms with Crippen LogP contribution in [0, 0.1) is 0 Å². The highest BCUT2D eigenvalue weighted by atomic mass is 32.2. The van der Waals surface area contributed by atoms with E-state index in [1.54, 1.807) is 11.8 Å². The number of hydrogen-bond acceptors (Lipinski definition) is 5. The molecule has 0 saturated carbocycles. The third kappa shape index (κ3) is 2.70. The molecule has 0 aromatic heterocycles. The largest absolute Gasteiger partial charge is 0.461 e. The average molecular weight is 320 g/mol. The van der Waals surface area contributed by atoms with Crippen LogP contribution in [0.4, 0.5) is 5.69 Å². The van der Waals surface area contributed by atoms with E-state index in [1.165, 1.54) is 6.92 Å². The van der Waals surface area contributed by atoms with Crippen molar-refractivity contribution in [1.29, 1.82) is 0 Å². The van der Waals surface area contributed by atoms with E-state index >= 15 is 0 Å². The van der Waals surface area contributed by atoms with Gasteiger partial charge in [-0.1, -0.05) is 24.4 Å². The maximum absolute atomic E-state index is 11.2. The van der Waals surface area contributed by atoms with Gasteiger partial charge >= 0.3 is 5.97 Å². The van der Waals surface area contributed by atoms with Crippen LogP contribution in [0.15, 0.2) is 29.3 Å². The van der Waals surface area contributed by atoms with Crippen LogP contribution in [0.5, 0.6) is 0 Å². The zero-order valence-electron chi connectivity index (χ0n) is 11.9. The van der Waals surface area contributed by atoms with Crippen LogP contribution in [0.3, 0.4) is 0 Å². The minimum absolute atomic E-state index is 0.101. The summed E-state index contributed by atoms with van der Waals surface area (Å²) in [7, 11) is 0. The summed E-state index contributed by atoms with van der Waals surface area (Å²) in [6, 6.07) is 8.04. The molecule has 0 radical (unpaired) electrons. The van der Waals surface area contributed by atoms with Gasteiger partial charge < -0.3 is 9.64 Å². The predicted molar refractivity (Wildman–Crippen MR) is 89.4 cm³/mol. The molecule has 0 amide bonds. The quantitative estimate of drug-likeness (QED) is 0.588. The smallest absolute Gasteiger partial charge is 0.302 e. The molecule has 2 aliphatic heterocycles. The van der Waals surface area contributed by atoms with Gasteiger partial charge in [0.25, 0.3) is 0 Å². The number of thiocarbonyl (C=S) groups is 1. The zero-order valence-corrected chi connectivity index (χ0v) is 13.5. The molecular formula is C15H16N2O2S2. The molecule has 3 rings (SSSR count). The summed E-state index contributed by atoms with van der Waals surface area (Å²) in [5.41, 5.74) is 1.90. The Labute approximate surface area is 133 Å². The number of benzene rings is 1. The fourth-order valence-electron chi connectivity index (χ4n) is 2.86. The summed E-state index contributed by atoms with van der Waals surface area (Å²) in [6.07, 6.45) is 2.65. The van der Waals surface area contributed by atoms with Gasteiger partial charge in [0.2, 0.25) is 0 Å². The van der Waals surface area contributed by atoms with Gasteiger partial charge in [-0.25, -0.2) is 4.99 Å². The lowest BCUT2D eigenvalue weighted by Crippen LogP contribution is -2.38. The molecule has 1 aromatic rings. The van der Waals surface area contributed by atoms with Gasteiger partial charge in [-0.05, 0) is 18.4 Å². The van der Waals surface area contributed by atoms with Crippen molar-refractivity contribution in [3.63, 3.8) is 0 Å². The molecule has 6 heteroatoms. The Kier molecular flexibility index (Phi) is 3.99. The Bertz CT molecular complexity index is 630. The molecule has 1 aromatic carbocycles. The summed E-state index contributed by atoms with van der Waals surface area (Å²) >= 11 is 7.29. The monoisotopic (exact) mass is 320 g/mol. The first kappa shape index (κ1) is 14.5. The molecule has 2 atom stereocenters. The molecule has 0 spiro atoms. The highest BCUT2D eigenvalue weighted by Gasteiger charge is 2.40. The number of para-hydroxylation sites is 1. The Morgan fingerprint density at radius 2 is 2.24 bits per heavy atom. The van der Waals surface area contributed by atoms with E-state index < -0.39 is 0 Å². The second-order valence-corrected chi connectivity index (χ2v) is 6.32. The van der Waals surface area contributed by atoms with Crippen molar-refractivity contribution in [2.45, 2.75) is 25.5 Å². The summed E-state index contributed by atoms with van der Waals surface area (Å²) < 4.78 is 5.37. The number of esters is 1. The average Bonchev–Trinajstić information content (AvgIpc) is 2.82. The number of carbonyl (C=O) groups excluding carboxylic acids is 1. The summed E-state index contributed by atoms with van der Waals surface area (Å²) in [4.78, 5) is 18.9. The molecule has 4 nitrogen and oxygen atoms in total. The number of nitrogens with zero attached hydrogens (tertiary/aromatic N) is 2. The second kappa shape index (κ2) is 5.77. The second-order valence-electron chi connectivity index (χ2n) is 5.11. The standard InChI is InChI=1S/C15H16N2O2S2/c1-9(18)19-10-7-13-14(21-2)16-12-6-4-3-5-11(12)15(20)17(13)8-10/h3-6,10,13H,7-8H2,1-2H3/t10-,13+/m1/s1. The molecule has 2 heterocycles. The van der Waals surface area contributed by atoms with Gasteiger partial charge in [-0.15, -0.1) is 11.8 Å². The Balaban J connectivity index is 1.98. The molecule has 0 unspecified atom stereocenters. The minimum atomic E-state index is -0.244. The Morgan fingerprint density at radius 1 is 1.48 bits per heavy atom. The molecule has 21 heavy (non-hydrogen) atoms. The predicted octanol–water partition coefficient (Wildman–Crippen LogP) is 2.77. The van der Waals surface area contributed by atoms with E-state index in [0.717, 1.165) is 27.7 Å². The van der Waals surface area contributed by atoms with Crippen LogP contribution in [0.2, 0.25) is 0 Å². The van der Waals surface area contributed by atoms with E-state index in [1.807, 2.05) is 30.5 Å². The van der Waals surface area contributed by atoms with E-state index in [0.29, 0.717) is 6.54 Å². The van der Waals surface area contributed by atoms with Crippen molar-refractivity contribution in [1.82, 2.24) is 4.90 Å². The molecule has 0 aliphatic carbocycles. The van der Waals surface area contributed by atoms with E-state index in [4.69, 9.17) is 21.9 Å². The highest BCUT2D eigenvalue weighted by molar-refractivity contribution is 8.13. The van der Waals surface area contributed by atoms with Crippen LogP contribution < -0.4 is 0 Å². The Morgan fingerprint density at radius 3 is 2.95 bits per heavy atom. The number of carbonyl (C=O) groups is 1. The van der Waals surface area contributed by atoms with Gasteiger partial charge in [0.15, 0.2) is 0 Å². The molecule has 2 aliphatic rings. The lowest BCUT2D eigenvalue weighted by Gasteiger charge is -2.24. The van der Waals surface area contributed by atoms with Gasteiger partial charge in [-0.3, -0.25) is 4.79 Å². The molecule has 1 fully saturated rings. The number of ether oxygens (including phenoxy) is 1. The summed E-state index contributed by atoms with van der Waals surface area (Å²) in [5.74, 6) is -0.244. The molecule has 0 N–H and O–H groups in total. The van der Waals surface area contributed by atoms with E-state index in [2.05, 4.69) is 4.90 Å². The van der Waals surface area contributed by atoms with E-state index in [-0.39, 0.29) is 18.1 Å². The van der Waals surface area contributed by atoms with Crippen LogP contribution in [-0.4, -0.2) is 45.8 Å². The first-order chi connectivity index (χ1) is 10.1. The topological polar surface area (TPSA) is 41.9 Å². The van der Waals surface area contributed by atoms with Crippen molar-refractivity contribution < 1.29 is 9.53 Å². The molecule has 0 bridgehead atoms. The number of rotatable bonds is 1. The lowest BCUT2D eigenvalue weighted by molar-refractivity contribution is -0.145. The van der Waals surface area contributed by atoms with Gasteiger partial charge in [0, 0.05) is 18.9 Å². The molecule has 110 valence electrons. The number of thioether (sulfide) groups is 1. The van der Waals surface area contributed by atoms with Crippen molar-refractivity contribution in [3.05, 3.63) is 29.8 Å². The minimum Gasteiger partial charge on any atom is -0.461 e. The Hall–Kier alpha value is -1.40. The fraction of sp³-hybridized carbons (Fsp3) is 0.400. The fourth-order valence-corrected chi connectivity index (χ4v) is 3.92. The first-order valence-electron chi connectivity index (χ1n) is 6.80. The van der Waals surface area contributed by atoms with Gasteiger partial charge in [0.05, 0.1) is 23.3 Å². The van der Waals surface area contributed by atoms with Gasteiger partial charge in [-0.2, -0.15) is 0 Å². The summed E-state index contributed by atoms with van der Waals surface area (Å²) in [5, 5.41) is 1.02. The van der Waals surface area contributed by atoms with Crippen LogP contribution in [0.25, 0.3) is 0 Å². The van der Waals surface area contributed by atoms with Crippen molar-refractivity contribution >= 4 is 45.7 Å². The summed E-state index contributed by atoms with van der Waals surface area (Å²) in [6.45, 7) is 2.08. The third-order valence-electron chi connectivity index (χ3n) is 3.72. The van der Waals surface area contributed by atoms with Crippen molar-refractivity contribution in [2.24, 2.45) is 4.99 Å². The third-order valence-corrected chi connectivity index (χ3v) is 4.95. The number of fused-ring (bicyclic) bond motifs is 2. The molecule has 1 saturated heterocycles.